The monoisotopic (exact) mass is 410 g/mol. The lowest BCUT2D eigenvalue weighted by Crippen LogP contribution is -2.44. The number of carbonyl (C=O) groups excluding carboxylic acids is 4. The molecule has 158 valence electrons. The summed E-state index contributed by atoms with van der Waals surface area (Å²) in [4.78, 5) is 48.3. The summed E-state index contributed by atoms with van der Waals surface area (Å²) in [6.07, 6.45) is -3.53. The molecule has 0 radical (unpaired) electrons. The van der Waals surface area contributed by atoms with Gasteiger partial charge in [0.2, 0.25) is 12.2 Å². The minimum atomic E-state index is -2.84. The average Bonchev–Trinajstić information content (AvgIpc) is 2.69. The number of hydrogen-bond donors (Lipinski definition) is 2. The first-order valence-corrected chi connectivity index (χ1v) is 9.47. The Labute approximate surface area is 167 Å². The lowest BCUT2D eigenvalue weighted by molar-refractivity contribution is -0.142. The maximum atomic E-state index is 12.9. The van der Waals surface area contributed by atoms with Crippen molar-refractivity contribution in [3.05, 3.63) is 35.9 Å². The average molecular weight is 410 g/mol. The number of carbonyl (C=O) groups is 4. The van der Waals surface area contributed by atoms with Crippen LogP contribution < -0.4 is 10.6 Å². The number of nitrogens with one attached hydrogen (secondary N) is 2. The number of benzene rings is 1. The number of ketones is 2. The molecule has 1 aliphatic heterocycles. The molecule has 9 heteroatoms. The lowest BCUT2D eigenvalue weighted by atomic mass is 9.88. The van der Waals surface area contributed by atoms with Gasteiger partial charge >= 0.3 is 6.09 Å². The summed E-state index contributed by atoms with van der Waals surface area (Å²) in [6.45, 7) is 0.303. The van der Waals surface area contributed by atoms with E-state index in [2.05, 4.69) is 10.6 Å². The van der Waals surface area contributed by atoms with Crippen LogP contribution in [0, 0.1) is 5.92 Å². The van der Waals surface area contributed by atoms with Crippen molar-refractivity contribution in [1.82, 2.24) is 10.6 Å². The molecule has 1 heterocycles. The summed E-state index contributed by atoms with van der Waals surface area (Å²) in [6, 6.07) is 7.24. The van der Waals surface area contributed by atoms with E-state index in [9.17, 15) is 28.0 Å². The molecule has 1 saturated heterocycles. The third-order valence-electron chi connectivity index (χ3n) is 4.61. The van der Waals surface area contributed by atoms with Crippen LogP contribution in [0.5, 0.6) is 0 Å². The van der Waals surface area contributed by atoms with Crippen molar-refractivity contribution in [3.8, 4) is 0 Å². The van der Waals surface area contributed by atoms with Gasteiger partial charge in [-0.05, 0) is 18.4 Å². The molecular weight excluding hydrogens is 386 g/mol. The molecule has 2 atom stereocenters. The number of alkyl carbamates (subject to hydrolysis) is 1. The van der Waals surface area contributed by atoms with Crippen molar-refractivity contribution in [2.24, 2.45) is 5.92 Å². The number of ether oxygens (including phenoxy) is 1. The molecule has 0 spiro atoms. The third kappa shape index (κ3) is 7.59. The smallest absolute Gasteiger partial charge is 0.408 e. The van der Waals surface area contributed by atoms with Crippen LogP contribution in [0.2, 0.25) is 0 Å². The summed E-state index contributed by atoms with van der Waals surface area (Å²) < 4.78 is 30.8. The van der Waals surface area contributed by atoms with Crippen LogP contribution in [-0.4, -0.2) is 42.6 Å². The second-order valence-electron chi connectivity index (χ2n) is 6.87. The van der Waals surface area contributed by atoms with Crippen LogP contribution >= 0.6 is 0 Å². The van der Waals surface area contributed by atoms with Gasteiger partial charge in [0.05, 0.1) is 6.04 Å². The van der Waals surface area contributed by atoms with Gasteiger partial charge in [-0.15, -0.1) is 0 Å². The molecular formula is C20H24F2N2O5. The highest BCUT2D eigenvalue weighted by atomic mass is 19.3. The zero-order valence-corrected chi connectivity index (χ0v) is 15.9. The molecule has 1 fully saturated rings. The van der Waals surface area contributed by atoms with Crippen LogP contribution in [0.4, 0.5) is 13.6 Å². The quantitative estimate of drug-likeness (QED) is 0.641. The first kappa shape index (κ1) is 22.4. The molecule has 1 aromatic rings. The summed E-state index contributed by atoms with van der Waals surface area (Å²) in [5, 5.41) is 4.61. The van der Waals surface area contributed by atoms with Crippen LogP contribution in [-0.2, 0) is 25.7 Å². The highest BCUT2D eigenvalue weighted by Crippen LogP contribution is 2.19. The normalized spacial score (nSPS) is 18.4. The van der Waals surface area contributed by atoms with E-state index in [1.165, 1.54) is 0 Å². The molecule has 7 nitrogen and oxygen atoms in total. The Kier molecular flexibility index (Phi) is 8.69. The van der Waals surface area contributed by atoms with E-state index >= 15 is 0 Å². The molecule has 0 saturated carbocycles. The van der Waals surface area contributed by atoms with Gasteiger partial charge in [-0.1, -0.05) is 36.8 Å². The zero-order valence-electron chi connectivity index (χ0n) is 15.9. The number of amides is 2. The standard InChI is InChI=1S/C20H24F2N2O5/c21-17(22)11-15(24-20(28)29-12-13-6-2-1-3-7-13)16(25)10-14-8-4-5-9-23-19(27)18(14)26/h1-3,6-7,14-15,17H,4-5,8-12H2,(H,23,27)(H,24,28). The fourth-order valence-corrected chi connectivity index (χ4v) is 3.06. The highest BCUT2D eigenvalue weighted by molar-refractivity contribution is 6.37. The summed E-state index contributed by atoms with van der Waals surface area (Å²) in [5.41, 5.74) is 0.700. The lowest BCUT2D eigenvalue weighted by Gasteiger charge is -2.22. The van der Waals surface area contributed by atoms with Gasteiger partial charge in [0.25, 0.3) is 5.91 Å². The molecule has 2 N–H and O–H groups in total. The first-order chi connectivity index (χ1) is 13.9. The predicted octanol–water partition coefficient (Wildman–Crippen LogP) is 2.38. The van der Waals surface area contributed by atoms with Gasteiger partial charge < -0.3 is 15.4 Å². The van der Waals surface area contributed by atoms with Crippen LogP contribution in [0.1, 0.15) is 37.7 Å². The first-order valence-electron chi connectivity index (χ1n) is 9.47. The number of Topliss-reactive ketones (excluding diaryl/α,β-unsaturated/α-hetero) is 2. The second kappa shape index (κ2) is 11.2. The number of alkyl halides is 2. The van der Waals surface area contributed by atoms with Gasteiger partial charge in [0.1, 0.15) is 6.61 Å². The Morgan fingerprint density at radius 2 is 1.90 bits per heavy atom. The minimum absolute atomic E-state index is 0.0798. The topological polar surface area (TPSA) is 102 Å². The Balaban J connectivity index is 1.96. The van der Waals surface area contributed by atoms with E-state index in [0.29, 0.717) is 31.4 Å². The Bertz CT molecular complexity index is 727. The number of halogens is 2. The molecule has 1 aromatic carbocycles. The van der Waals surface area contributed by atoms with Gasteiger partial charge in [-0.3, -0.25) is 14.4 Å². The van der Waals surface area contributed by atoms with E-state index in [0.717, 1.165) is 0 Å². The molecule has 2 unspecified atom stereocenters. The molecule has 0 bridgehead atoms. The van der Waals surface area contributed by atoms with Gasteiger partial charge in [0, 0.05) is 25.3 Å². The van der Waals surface area contributed by atoms with Gasteiger partial charge in [0.15, 0.2) is 5.78 Å². The largest absolute Gasteiger partial charge is 0.445 e. The van der Waals surface area contributed by atoms with Crippen molar-refractivity contribution in [3.63, 3.8) is 0 Å². The Hall–Kier alpha value is -2.84. The van der Waals surface area contributed by atoms with Crippen molar-refractivity contribution < 1.29 is 32.7 Å². The summed E-state index contributed by atoms with van der Waals surface area (Å²) in [7, 11) is 0. The number of hydrogen-bond acceptors (Lipinski definition) is 5. The fourth-order valence-electron chi connectivity index (χ4n) is 3.06. The van der Waals surface area contributed by atoms with E-state index in [-0.39, 0.29) is 13.0 Å². The summed E-state index contributed by atoms with van der Waals surface area (Å²) in [5.74, 6) is -3.12. The molecule has 29 heavy (non-hydrogen) atoms. The molecule has 0 aromatic heterocycles. The molecule has 2 rings (SSSR count). The van der Waals surface area contributed by atoms with Crippen molar-refractivity contribution >= 4 is 23.6 Å². The van der Waals surface area contributed by atoms with Crippen LogP contribution in [0.25, 0.3) is 0 Å². The fraction of sp³-hybridized carbons (Fsp3) is 0.500. The van der Waals surface area contributed by atoms with Crippen LogP contribution in [0.3, 0.4) is 0 Å². The van der Waals surface area contributed by atoms with E-state index in [4.69, 9.17) is 4.74 Å². The van der Waals surface area contributed by atoms with Gasteiger partial charge in [-0.25, -0.2) is 13.6 Å². The molecule has 0 aliphatic carbocycles. The molecule has 1 aliphatic rings. The SMILES string of the molecule is O=C(NC(CC(F)F)C(=O)CC1CCCCNC(=O)C1=O)OCc1ccccc1. The van der Waals surface area contributed by atoms with Crippen molar-refractivity contribution in [2.75, 3.05) is 6.54 Å². The maximum absolute atomic E-state index is 12.9. The maximum Gasteiger partial charge on any atom is 0.408 e. The second-order valence-corrected chi connectivity index (χ2v) is 6.87. The molecule has 2 amide bonds. The zero-order chi connectivity index (χ0) is 21.2. The van der Waals surface area contributed by atoms with E-state index in [1.54, 1.807) is 30.3 Å². The van der Waals surface area contributed by atoms with Crippen molar-refractivity contribution in [1.29, 1.82) is 0 Å². The summed E-state index contributed by atoms with van der Waals surface area (Å²) >= 11 is 0. The van der Waals surface area contributed by atoms with E-state index in [1.807, 2.05) is 0 Å². The number of rotatable bonds is 8. The van der Waals surface area contributed by atoms with Gasteiger partial charge in [-0.2, -0.15) is 0 Å². The predicted molar refractivity (Wildman–Crippen MR) is 99.2 cm³/mol. The Morgan fingerprint density at radius 1 is 1.17 bits per heavy atom. The Morgan fingerprint density at radius 3 is 2.59 bits per heavy atom. The highest BCUT2D eigenvalue weighted by Gasteiger charge is 2.32. The van der Waals surface area contributed by atoms with Crippen molar-refractivity contribution in [2.45, 2.75) is 51.2 Å². The van der Waals surface area contributed by atoms with Crippen LogP contribution in [0.15, 0.2) is 30.3 Å². The van der Waals surface area contributed by atoms with E-state index < -0.39 is 48.4 Å². The third-order valence-corrected chi connectivity index (χ3v) is 4.61. The minimum Gasteiger partial charge on any atom is -0.445 e.